The van der Waals surface area contributed by atoms with Gasteiger partial charge in [0.05, 0.1) is 26.0 Å². The Morgan fingerprint density at radius 2 is 2.14 bits per heavy atom. The molecule has 0 unspecified atom stereocenters. The second kappa shape index (κ2) is 6.51. The summed E-state index contributed by atoms with van der Waals surface area (Å²) >= 11 is 0. The van der Waals surface area contributed by atoms with E-state index < -0.39 is 0 Å². The normalized spacial score (nSPS) is 16.6. The number of hydrazone groups is 1. The average Bonchev–Trinajstić information content (AvgIpc) is 2.91. The summed E-state index contributed by atoms with van der Waals surface area (Å²) in [6.07, 6.45) is 1.51. The average molecular weight is 287 g/mol. The van der Waals surface area contributed by atoms with Crippen LogP contribution in [0.3, 0.4) is 0 Å². The van der Waals surface area contributed by atoms with Gasteiger partial charge in [0.2, 0.25) is 0 Å². The zero-order valence-electron chi connectivity index (χ0n) is 11.6. The van der Waals surface area contributed by atoms with E-state index in [0.717, 1.165) is 24.1 Å². The molecule has 1 aliphatic heterocycles. The molecule has 6 heteroatoms. The van der Waals surface area contributed by atoms with Crippen LogP contribution in [0.2, 0.25) is 0 Å². The predicted molar refractivity (Wildman–Crippen MR) is 79.2 cm³/mol. The van der Waals surface area contributed by atoms with Crippen LogP contribution in [0, 0.1) is 0 Å². The highest BCUT2D eigenvalue weighted by molar-refractivity contribution is 5.87. The van der Waals surface area contributed by atoms with Crippen LogP contribution in [0.5, 0.6) is 0 Å². The van der Waals surface area contributed by atoms with Crippen LogP contribution in [-0.2, 0) is 9.53 Å². The smallest absolute Gasteiger partial charge is 0.254 e. The highest BCUT2D eigenvalue weighted by Gasteiger charge is 2.13. The van der Waals surface area contributed by atoms with Gasteiger partial charge in [0, 0.05) is 18.5 Å². The molecule has 6 nitrogen and oxygen atoms in total. The fourth-order valence-electron chi connectivity index (χ4n) is 2.23. The third kappa shape index (κ3) is 3.68. The van der Waals surface area contributed by atoms with Gasteiger partial charge in [-0.05, 0) is 12.1 Å². The molecule has 1 saturated heterocycles. The number of carbonyl (C=O) groups is 1. The summed E-state index contributed by atoms with van der Waals surface area (Å²) in [6, 6.07) is 9.60. The number of para-hydroxylation sites is 1. The molecule has 0 bridgehead atoms. The van der Waals surface area contributed by atoms with Crippen LogP contribution in [0.15, 0.2) is 39.9 Å². The first-order valence-corrected chi connectivity index (χ1v) is 6.92. The number of benzene rings is 1. The molecule has 0 aliphatic carbocycles. The summed E-state index contributed by atoms with van der Waals surface area (Å²) in [7, 11) is 0. The molecular weight excluding hydrogens is 270 g/mol. The molecule has 0 saturated carbocycles. The van der Waals surface area contributed by atoms with E-state index in [4.69, 9.17) is 9.15 Å². The topological polar surface area (TPSA) is 67.1 Å². The molecule has 1 fully saturated rings. The first-order chi connectivity index (χ1) is 10.3. The van der Waals surface area contributed by atoms with E-state index in [0.29, 0.717) is 25.5 Å². The lowest BCUT2D eigenvalue weighted by molar-refractivity contribution is -0.123. The van der Waals surface area contributed by atoms with Gasteiger partial charge >= 0.3 is 0 Å². The number of amides is 1. The number of ether oxygens (including phenoxy) is 1. The number of morpholine rings is 1. The Morgan fingerprint density at radius 1 is 1.33 bits per heavy atom. The van der Waals surface area contributed by atoms with Gasteiger partial charge in [0.25, 0.3) is 5.91 Å². The molecule has 2 aromatic rings. The molecular formula is C15H17N3O3. The Hall–Kier alpha value is -2.18. The predicted octanol–water partition coefficient (Wildman–Crippen LogP) is 1.22. The van der Waals surface area contributed by atoms with Gasteiger partial charge in [-0.1, -0.05) is 18.2 Å². The number of nitrogens with zero attached hydrogens (tertiary/aromatic N) is 2. The summed E-state index contributed by atoms with van der Waals surface area (Å²) < 4.78 is 10.8. The summed E-state index contributed by atoms with van der Waals surface area (Å²) in [6.45, 7) is 3.24. The Balaban J connectivity index is 1.52. The van der Waals surface area contributed by atoms with E-state index in [1.807, 2.05) is 35.2 Å². The zero-order valence-corrected chi connectivity index (χ0v) is 11.6. The van der Waals surface area contributed by atoms with Gasteiger partial charge in [-0.25, -0.2) is 5.43 Å². The second-order valence-corrected chi connectivity index (χ2v) is 4.87. The summed E-state index contributed by atoms with van der Waals surface area (Å²) in [5.41, 5.74) is 3.32. The Morgan fingerprint density at radius 3 is 2.95 bits per heavy atom. The van der Waals surface area contributed by atoms with Crippen LogP contribution in [-0.4, -0.2) is 49.9 Å². The van der Waals surface area contributed by atoms with Crippen molar-refractivity contribution in [1.29, 1.82) is 0 Å². The molecule has 0 spiro atoms. The largest absolute Gasteiger partial charge is 0.455 e. The van der Waals surface area contributed by atoms with Crippen LogP contribution in [0.4, 0.5) is 0 Å². The highest BCUT2D eigenvalue weighted by atomic mass is 16.5. The monoisotopic (exact) mass is 287 g/mol. The number of hydrogen-bond donors (Lipinski definition) is 1. The van der Waals surface area contributed by atoms with Gasteiger partial charge < -0.3 is 9.15 Å². The van der Waals surface area contributed by atoms with Crippen molar-refractivity contribution in [3.05, 3.63) is 36.1 Å². The van der Waals surface area contributed by atoms with Gasteiger partial charge in [-0.2, -0.15) is 5.10 Å². The maximum Gasteiger partial charge on any atom is 0.254 e. The molecule has 1 aromatic carbocycles. The SMILES string of the molecule is O=C(CN1CCOCC1)N/N=C/c1cc2ccccc2o1. The Kier molecular flexibility index (Phi) is 4.28. The molecule has 1 N–H and O–H groups in total. The van der Waals surface area contributed by atoms with Crippen LogP contribution >= 0.6 is 0 Å². The zero-order chi connectivity index (χ0) is 14.5. The van der Waals surface area contributed by atoms with Crippen molar-refractivity contribution >= 4 is 23.1 Å². The maximum absolute atomic E-state index is 11.7. The van der Waals surface area contributed by atoms with Crippen molar-refractivity contribution < 1.29 is 13.9 Å². The molecule has 0 radical (unpaired) electrons. The van der Waals surface area contributed by atoms with E-state index in [2.05, 4.69) is 10.5 Å². The second-order valence-electron chi connectivity index (χ2n) is 4.87. The number of fused-ring (bicyclic) bond motifs is 1. The maximum atomic E-state index is 11.7. The molecule has 1 amide bonds. The van der Waals surface area contributed by atoms with Crippen LogP contribution in [0.25, 0.3) is 11.0 Å². The van der Waals surface area contributed by atoms with E-state index in [9.17, 15) is 4.79 Å². The molecule has 3 rings (SSSR count). The minimum absolute atomic E-state index is 0.135. The minimum Gasteiger partial charge on any atom is -0.455 e. The quantitative estimate of drug-likeness (QED) is 0.678. The standard InChI is InChI=1S/C15H17N3O3/c19-15(11-18-5-7-20-8-6-18)17-16-10-13-9-12-3-1-2-4-14(12)21-13/h1-4,9-10H,5-8,11H2,(H,17,19)/b16-10+. The van der Waals surface area contributed by atoms with Crippen LogP contribution in [0.1, 0.15) is 5.76 Å². The molecule has 110 valence electrons. The molecule has 1 aromatic heterocycles. The number of nitrogens with one attached hydrogen (secondary N) is 1. The third-order valence-corrected chi connectivity index (χ3v) is 3.30. The Labute approximate surface area is 122 Å². The van der Waals surface area contributed by atoms with Crippen molar-refractivity contribution in [3.8, 4) is 0 Å². The van der Waals surface area contributed by atoms with Crippen molar-refractivity contribution in [3.63, 3.8) is 0 Å². The fraction of sp³-hybridized carbons (Fsp3) is 0.333. The van der Waals surface area contributed by atoms with Crippen molar-refractivity contribution in [1.82, 2.24) is 10.3 Å². The fourth-order valence-corrected chi connectivity index (χ4v) is 2.23. The first kappa shape index (κ1) is 13.8. The Bertz CT molecular complexity index is 611. The summed E-state index contributed by atoms with van der Waals surface area (Å²) in [5.74, 6) is 0.479. The molecule has 2 heterocycles. The molecule has 1 aliphatic rings. The van der Waals surface area contributed by atoms with Gasteiger partial charge in [0.15, 0.2) is 0 Å². The van der Waals surface area contributed by atoms with E-state index in [-0.39, 0.29) is 5.91 Å². The van der Waals surface area contributed by atoms with E-state index in [1.165, 1.54) is 6.21 Å². The van der Waals surface area contributed by atoms with E-state index >= 15 is 0 Å². The lowest BCUT2D eigenvalue weighted by Gasteiger charge is -2.25. The molecule has 21 heavy (non-hydrogen) atoms. The lowest BCUT2D eigenvalue weighted by Crippen LogP contribution is -2.42. The minimum atomic E-state index is -0.135. The highest BCUT2D eigenvalue weighted by Crippen LogP contribution is 2.17. The first-order valence-electron chi connectivity index (χ1n) is 6.92. The van der Waals surface area contributed by atoms with Crippen molar-refractivity contribution in [2.24, 2.45) is 5.10 Å². The van der Waals surface area contributed by atoms with Crippen molar-refractivity contribution in [2.75, 3.05) is 32.8 Å². The third-order valence-electron chi connectivity index (χ3n) is 3.30. The van der Waals surface area contributed by atoms with Crippen molar-refractivity contribution in [2.45, 2.75) is 0 Å². The van der Waals surface area contributed by atoms with Gasteiger partial charge in [-0.3, -0.25) is 9.69 Å². The summed E-state index contributed by atoms with van der Waals surface area (Å²) in [4.78, 5) is 13.8. The number of rotatable bonds is 4. The van der Waals surface area contributed by atoms with Gasteiger partial charge in [0.1, 0.15) is 11.3 Å². The number of furan rings is 1. The van der Waals surface area contributed by atoms with E-state index in [1.54, 1.807) is 0 Å². The van der Waals surface area contributed by atoms with Gasteiger partial charge in [-0.15, -0.1) is 0 Å². The lowest BCUT2D eigenvalue weighted by atomic mass is 10.2. The summed E-state index contributed by atoms with van der Waals surface area (Å²) in [5, 5.41) is 4.94. The number of carbonyl (C=O) groups excluding carboxylic acids is 1. The van der Waals surface area contributed by atoms with Crippen LogP contribution < -0.4 is 5.43 Å². The molecule has 0 atom stereocenters. The number of hydrogen-bond acceptors (Lipinski definition) is 5.